The fraction of sp³-hybridized carbons (Fsp3) is 0.647. The Morgan fingerprint density at radius 3 is 2.71 bits per heavy atom. The molecule has 7 nitrogen and oxygen atoms in total. The van der Waals surface area contributed by atoms with Gasteiger partial charge in [-0.1, -0.05) is 12.8 Å². The molecule has 4 rings (SSSR count). The van der Waals surface area contributed by atoms with Crippen LogP contribution >= 0.6 is 0 Å². The molecule has 2 saturated heterocycles. The zero-order valence-electron chi connectivity index (χ0n) is 13.9. The number of aromatic amines is 1. The van der Waals surface area contributed by atoms with Gasteiger partial charge >= 0.3 is 0 Å². The first-order valence-electron chi connectivity index (χ1n) is 9.01. The lowest BCUT2D eigenvalue weighted by molar-refractivity contribution is -0.135. The minimum Gasteiger partial charge on any atom is -0.354 e. The van der Waals surface area contributed by atoms with Gasteiger partial charge in [0.15, 0.2) is 11.5 Å². The van der Waals surface area contributed by atoms with Gasteiger partial charge in [0.05, 0.1) is 12.2 Å². The Labute approximate surface area is 141 Å². The van der Waals surface area contributed by atoms with E-state index < -0.39 is 0 Å². The Kier molecular flexibility index (Phi) is 4.32. The molecular weight excluding hydrogens is 304 g/mol. The molecule has 2 aromatic heterocycles. The van der Waals surface area contributed by atoms with Crippen molar-refractivity contribution in [2.45, 2.75) is 38.5 Å². The second-order valence-corrected chi connectivity index (χ2v) is 6.82. The van der Waals surface area contributed by atoms with E-state index in [1.807, 2.05) is 0 Å². The van der Waals surface area contributed by atoms with Crippen molar-refractivity contribution >= 4 is 22.9 Å². The molecule has 1 N–H and O–H groups in total. The van der Waals surface area contributed by atoms with Crippen LogP contribution in [0.25, 0.3) is 11.2 Å². The monoisotopic (exact) mass is 328 g/mol. The number of nitrogens with zero attached hydrogens (tertiary/aromatic N) is 5. The summed E-state index contributed by atoms with van der Waals surface area (Å²) in [6, 6.07) is 0. The molecule has 2 aliphatic rings. The second-order valence-electron chi connectivity index (χ2n) is 6.82. The van der Waals surface area contributed by atoms with E-state index in [1.165, 1.54) is 12.8 Å². The molecule has 2 aromatic rings. The first-order valence-corrected chi connectivity index (χ1v) is 9.01. The average Bonchev–Trinajstić information content (AvgIpc) is 2.95. The third-order valence-electron chi connectivity index (χ3n) is 5.19. The molecule has 0 unspecified atom stereocenters. The van der Waals surface area contributed by atoms with E-state index in [-0.39, 0.29) is 5.92 Å². The van der Waals surface area contributed by atoms with E-state index in [0.29, 0.717) is 11.6 Å². The summed E-state index contributed by atoms with van der Waals surface area (Å²) in [5.41, 5.74) is 1.54. The highest BCUT2D eigenvalue weighted by molar-refractivity contribution is 5.84. The van der Waals surface area contributed by atoms with Crippen molar-refractivity contribution < 1.29 is 4.79 Å². The highest BCUT2D eigenvalue weighted by Gasteiger charge is 2.30. The first-order chi connectivity index (χ1) is 11.8. The van der Waals surface area contributed by atoms with Gasteiger partial charge in [-0.25, -0.2) is 15.0 Å². The number of H-pyrrole nitrogens is 1. The van der Waals surface area contributed by atoms with Crippen LogP contribution < -0.4 is 4.90 Å². The fourth-order valence-electron chi connectivity index (χ4n) is 3.91. The molecule has 7 heteroatoms. The van der Waals surface area contributed by atoms with Crippen molar-refractivity contribution in [2.24, 2.45) is 5.92 Å². The number of piperidine rings is 1. The second kappa shape index (κ2) is 6.75. The number of carbonyl (C=O) groups is 1. The summed E-state index contributed by atoms with van der Waals surface area (Å²) in [5.74, 6) is 1.27. The van der Waals surface area contributed by atoms with Crippen LogP contribution in [0, 0.1) is 5.92 Å². The summed E-state index contributed by atoms with van der Waals surface area (Å²) in [5, 5.41) is 0. The highest BCUT2D eigenvalue weighted by Crippen LogP contribution is 2.27. The number of hydrogen-bond donors (Lipinski definition) is 1. The van der Waals surface area contributed by atoms with Gasteiger partial charge in [-0.05, 0) is 25.7 Å². The van der Waals surface area contributed by atoms with E-state index in [1.54, 1.807) is 12.7 Å². The number of fused-ring (bicyclic) bond motifs is 1. The van der Waals surface area contributed by atoms with Crippen molar-refractivity contribution in [1.82, 2.24) is 24.8 Å². The molecule has 0 bridgehead atoms. The van der Waals surface area contributed by atoms with Gasteiger partial charge in [0.25, 0.3) is 0 Å². The van der Waals surface area contributed by atoms with E-state index in [4.69, 9.17) is 0 Å². The normalized spacial score (nSPS) is 22.6. The number of nitrogens with one attached hydrogen (secondary N) is 1. The number of rotatable bonds is 2. The van der Waals surface area contributed by atoms with Gasteiger partial charge in [-0.15, -0.1) is 0 Å². The zero-order valence-corrected chi connectivity index (χ0v) is 13.9. The Morgan fingerprint density at radius 1 is 1.04 bits per heavy atom. The Bertz CT molecular complexity index is 706. The number of anilines is 1. The molecular formula is C17H24N6O. The quantitative estimate of drug-likeness (QED) is 0.912. The lowest BCUT2D eigenvalue weighted by atomic mass is 9.96. The molecule has 2 fully saturated rings. The summed E-state index contributed by atoms with van der Waals surface area (Å²) >= 11 is 0. The van der Waals surface area contributed by atoms with Crippen LogP contribution in [-0.2, 0) is 4.79 Å². The topological polar surface area (TPSA) is 78.0 Å². The summed E-state index contributed by atoms with van der Waals surface area (Å²) in [7, 11) is 0. The number of carbonyl (C=O) groups excluding carboxylic acids is 1. The zero-order chi connectivity index (χ0) is 16.4. The molecule has 0 aliphatic carbocycles. The van der Waals surface area contributed by atoms with Crippen LogP contribution in [0.1, 0.15) is 38.5 Å². The van der Waals surface area contributed by atoms with E-state index in [9.17, 15) is 4.79 Å². The number of imidazole rings is 1. The maximum Gasteiger partial charge on any atom is 0.227 e. The Hall–Kier alpha value is -2.18. The number of aromatic nitrogens is 4. The Balaban J connectivity index is 1.51. The molecule has 128 valence electrons. The largest absolute Gasteiger partial charge is 0.354 e. The van der Waals surface area contributed by atoms with Gasteiger partial charge in [0.2, 0.25) is 5.91 Å². The lowest BCUT2D eigenvalue weighted by Crippen LogP contribution is -2.45. The third kappa shape index (κ3) is 2.95. The van der Waals surface area contributed by atoms with Crippen molar-refractivity contribution in [3.63, 3.8) is 0 Å². The Morgan fingerprint density at radius 2 is 1.88 bits per heavy atom. The number of likely N-dealkylation sites (tertiary alicyclic amines) is 1. The van der Waals surface area contributed by atoms with Crippen LogP contribution in [-0.4, -0.2) is 56.9 Å². The van der Waals surface area contributed by atoms with Crippen LogP contribution in [0.15, 0.2) is 12.7 Å². The van der Waals surface area contributed by atoms with E-state index in [2.05, 4.69) is 29.7 Å². The van der Waals surface area contributed by atoms with Crippen molar-refractivity contribution in [3.8, 4) is 0 Å². The standard InChI is InChI=1S/C17H24N6O/c24-17(22-7-3-1-2-4-8-22)13-6-5-9-23(10-13)16-14-15(19-11-18-14)20-12-21-16/h11-13H,1-10H2,(H,18,19,20,21)/t13-/m1/s1. The van der Waals surface area contributed by atoms with Crippen LogP contribution in [0.4, 0.5) is 5.82 Å². The molecule has 24 heavy (non-hydrogen) atoms. The van der Waals surface area contributed by atoms with E-state index in [0.717, 1.165) is 63.2 Å². The SMILES string of the molecule is O=C([C@@H]1CCCN(c2ncnc3nc[nH]c23)C1)N1CCCCCC1. The van der Waals surface area contributed by atoms with Gasteiger partial charge < -0.3 is 14.8 Å². The summed E-state index contributed by atoms with van der Waals surface area (Å²) in [4.78, 5) is 33.2. The first kappa shape index (κ1) is 15.4. The van der Waals surface area contributed by atoms with Crippen molar-refractivity contribution in [1.29, 1.82) is 0 Å². The number of amides is 1. The van der Waals surface area contributed by atoms with Gasteiger partial charge in [0, 0.05) is 26.2 Å². The molecule has 0 spiro atoms. The molecule has 1 amide bonds. The molecule has 0 saturated carbocycles. The summed E-state index contributed by atoms with van der Waals surface area (Å²) < 4.78 is 0. The van der Waals surface area contributed by atoms with Crippen LogP contribution in [0.2, 0.25) is 0 Å². The van der Waals surface area contributed by atoms with Gasteiger partial charge in [-0.2, -0.15) is 0 Å². The smallest absolute Gasteiger partial charge is 0.227 e. The molecule has 4 heterocycles. The average molecular weight is 328 g/mol. The van der Waals surface area contributed by atoms with Crippen molar-refractivity contribution in [2.75, 3.05) is 31.1 Å². The van der Waals surface area contributed by atoms with Crippen LogP contribution in [0.5, 0.6) is 0 Å². The summed E-state index contributed by atoms with van der Waals surface area (Å²) in [6.07, 6.45) is 9.97. The molecule has 1 atom stereocenters. The maximum absolute atomic E-state index is 12.9. The minimum atomic E-state index is 0.0739. The third-order valence-corrected chi connectivity index (χ3v) is 5.19. The molecule has 0 aromatic carbocycles. The lowest BCUT2D eigenvalue weighted by Gasteiger charge is -2.35. The van der Waals surface area contributed by atoms with E-state index >= 15 is 0 Å². The highest BCUT2D eigenvalue weighted by atomic mass is 16.2. The van der Waals surface area contributed by atoms with Crippen LogP contribution in [0.3, 0.4) is 0 Å². The molecule has 0 radical (unpaired) electrons. The summed E-state index contributed by atoms with van der Waals surface area (Å²) in [6.45, 7) is 3.51. The number of hydrogen-bond acceptors (Lipinski definition) is 5. The van der Waals surface area contributed by atoms with Crippen molar-refractivity contribution in [3.05, 3.63) is 12.7 Å². The predicted octanol–water partition coefficient (Wildman–Crippen LogP) is 1.97. The molecule has 2 aliphatic heterocycles. The van der Waals surface area contributed by atoms with Gasteiger partial charge in [0.1, 0.15) is 11.8 Å². The minimum absolute atomic E-state index is 0.0739. The van der Waals surface area contributed by atoms with Gasteiger partial charge in [-0.3, -0.25) is 4.79 Å². The fourth-order valence-corrected chi connectivity index (χ4v) is 3.91. The maximum atomic E-state index is 12.9. The predicted molar refractivity (Wildman–Crippen MR) is 91.7 cm³/mol.